The van der Waals surface area contributed by atoms with Gasteiger partial charge in [0.15, 0.2) is 5.82 Å². The van der Waals surface area contributed by atoms with Crippen molar-refractivity contribution in [1.82, 2.24) is 14.9 Å². The molecule has 3 rings (SSSR count). The van der Waals surface area contributed by atoms with Gasteiger partial charge in [-0.15, -0.1) is 0 Å². The lowest BCUT2D eigenvalue weighted by atomic mass is 10.1. The summed E-state index contributed by atoms with van der Waals surface area (Å²) in [6.07, 6.45) is 3.45. The van der Waals surface area contributed by atoms with Gasteiger partial charge in [-0.1, -0.05) is 12.1 Å². The number of nitrogens with one attached hydrogen (secondary N) is 1. The van der Waals surface area contributed by atoms with Crippen LogP contribution in [0.25, 0.3) is 0 Å². The van der Waals surface area contributed by atoms with E-state index in [1.165, 1.54) is 0 Å². The van der Waals surface area contributed by atoms with Gasteiger partial charge in [-0.25, -0.2) is 19.2 Å². The summed E-state index contributed by atoms with van der Waals surface area (Å²) in [5, 5.41) is 2.88. The second kappa shape index (κ2) is 8.46. The Morgan fingerprint density at radius 2 is 2.12 bits per heavy atom. The predicted molar refractivity (Wildman–Crippen MR) is 93.8 cm³/mol. The smallest absolute Gasteiger partial charge is 0.322 e. The van der Waals surface area contributed by atoms with Crippen LogP contribution in [-0.2, 0) is 0 Å². The number of amides is 2. The van der Waals surface area contributed by atoms with E-state index in [4.69, 9.17) is 9.47 Å². The number of carbonyl (C=O) groups is 1. The van der Waals surface area contributed by atoms with E-state index in [0.29, 0.717) is 31.1 Å². The molecule has 26 heavy (non-hydrogen) atoms. The highest BCUT2D eigenvalue weighted by Gasteiger charge is 2.26. The van der Waals surface area contributed by atoms with E-state index in [-0.39, 0.29) is 18.1 Å². The van der Waals surface area contributed by atoms with Crippen LogP contribution < -0.4 is 14.8 Å². The molecular formula is C18H21FN4O3. The molecule has 1 N–H and O–H groups in total. The van der Waals surface area contributed by atoms with Gasteiger partial charge in [0.25, 0.3) is 0 Å². The third-order valence-corrected chi connectivity index (χ3v) is 3.96. The molecule has 1 aromatic carbocycles. The second-order valence-electron chi connectivity index (χ2n) is 5.87. The fourth-order valence-electron chi connectivity index (χ4n) is 2.77. The summed E-state index contributed by atoms with van der Waals surface area (Å²) in [5.74, 6) is 0.114. The van der Waals surface area contributed by atoms with E-state index in [0.717, 1.165) is 25.2 Å². The summed E-state index contributed by atoms with van der Waals surface area (Å²) in [5.41, 5.74) is 0.629. The van der Waals surface area contributed by atoms with Crippen LogP contribution in [0.15, 0.2) is 36.7 Å². The lowest BCUT2D eigenvalue weighted by Gasteiger charge is -2.32. The lowest BCUT2D eigenvalue weighted by molar-refractivity contribution is 0.0980. The third-order valence-electron chi connectivity index (χ3n) is 3.96. The molecule has 2 aromatic rings. The first-order valence-corrected chi connectivity index (χ1v) is 8.57. The molecule has 1 fully saturated rings. The Kier molecular flexibility index (Phi) is 5.83. The van der Waals surface area contributed by atoms with E-state index < -0.39 is 5.82 Å². The number of urea groups is 1. The molecule has 1 aliphatic rings. The van der Waals surface area contributed by atoms with Gasteiger partial charge in [0, 0.05) is 6.54 Å². The zero-order valence-electron chi connectivity index (χ0n) is 14.5. The highest BCUT2D eigenvalue weighted by Crippen LogP contribution is 2.24. The van der Waals surface area contributed by atoms with Crippen LogP contribution in [0.4, 0.5) is 14.9 Å². The number of halogens is 1. The van der Waals surface area contributed by atoms with E-state index in [1.54, 1.807) is 11.0 Å². The number of aromatic nitrogens is 2. The van der Waals surface area contributed by atoms with Gasteiger partial charge in [0.1, 0.15) is 11.9 Å². The number of carbonyl (C=O) groups excluding carboxylic acids is 1. The molecule has 7 nitrogen and oxygen atoms in total. The Bertz CT molecular complexity index is 741. The summed E-state index contributed by atoms with van der Waals surface area (Å²) in [6, 6.07) is 7.20. The Morgan fingerprint density at radius 1 is 1.35 bits per heavy atom. The van der Waals surface area contributed by atoms with Crippen LogP contribution in [-0.4, -0.2) is 46.7 Å². The highest BCUT2D eigenvalue weighted by atomic mass is 19.1. The maximum atomic E-state index is 12.9. The predicted octanol–water partition coefficient (Wildman–Crippen LogP) is 3.09. The summed E-state index contributed by atoms with van der Waals surface area (Å²) in [7, 11) is 0. The molecule has 1 unspecified atom stereocenters. The molecule has 1 atom stereocenters. The molecular weight excluding hydrogens is 339 g/mol. The summed E-state index contributed by atoms with van der Waals surface area (Å²) < 4.78 is 24.1. The molecule has 0 aliphatic carbocycles. The number of anilines is 1. The van der Waals surface area contributed by atoms with Crippen LogP contribution in [0, 0.1) is 5.82 Å². The first kappa shape index (κ1) is 17.9. The van der Waals surface area contributed by atoms with Gasteiger partial charge >= 0.3 is 12.0 Å². The number of rotatable bonds is 5. The normalized spacial score (nSPS) is 16.8. The number of benzene rings is 1. The highest BCUT2D eigenvalue weighted by molar-refractivity contribution is 5.91. The van der Waals surface area contributed by atoms with Gasteiger partial charge in [-0.3, -0.25) is 0 Å². The number of likely N-dealkylation sites (tertiary alicyclic amines) is 1. The monoisotopic (exact) mass is 360 g/mol. The van der Waals surface area contributed by atoms with Crippen LogP contribution in [0.3, 0.4) is 0 Å². The van der Waals surface area contributed by atoms with E-state index >= 15 is 0 Å². The fraction of sp³-hybridized carbons (Fsp3) is 0.389. The summed E-state index contributed by atoms with van der Waals surface area (Å²) in [6.45, 7) is 3.45. The van der Waals surface area contributed by atoms with Gasteiger partial charge in [0.2, 0.25) is 0 Å². The SMILES string of the molecule is CCOc1ccccc1NC(=O)N1CCCC(Oc2ncc(F)cn2)C1. The molecule has 1 aliphatic heterocycles. The molecule has 0 saturated carbocycles. The molecule has 2 heterocycles. The Morgan fingerprint density at radius 3 is 2.88 bits per heavy atom. The number of para-hydroxylation sites is 2. The fourth-order valence-corrected chi connectivity index (χ4v) is 2.77. The Balaban J connectivity index is 1.60. The Labute approximate surface area is 151 Å². The van der Waals surface area contributed by atoms with Crippen LogP contribution >= 0.6 is 0 Å². The Hall–Kier alpha value is -2.90. The molecule has 2 amide bonds. The van der Waals surface area contributed by atoms with Crippen molar-refractivity contribution in [2.24, 2.45) is 0 Å². The van der Waals surface area contributed by atoms with Gasteiger partial charge < -0.3 is 19.7 Å². The van der Waals surface area contributed by atoms with Gasteiger partial charge in [-0.2, -0.15) is 0 Å². The first-order valence-electron chi connectivity index (χ1n) is 8.57. The quantitative estimate of drug-likeness (QED) is 0.887. The average molecular weight is 360 g/mol. The van der Waals surface area contributed by atoms with Gasteiger partial charge in [0.05, 0.1) is 31.2 Å². The largest absolute Gasteiger partial charge is 0.492 e. The van der Waals surface area contributed by atoms with Crippen molar-refractivity contribution in [3.63, 3.8) is 0 Å². The summed E-state index contributed by atoms with van der Waals surface area (Å²) >= 11 is 0. The third kappa shape index (κ3) is 4.59. The molecule has 138 valence electrons. The van der Waals surface area contributed by atoms with Crippen LogP contribution in [0.5, 0.6) is 11.8 Å². The lowest BCUT2D eigenvalue weighted by Crippen LogP contribution is -2.46. The van der Waals surface area contributed by atoms with E-state index in [9.17, 15) is 9.18 Å². The van der Waals surface area contributed by atoms with Crippen LogP contribution in [0.2, 0.25) is 0 Å². The average Bonchev–Trinajstić information content (AvgIpc) is 2.66. The number of ether oxygens (including phenoxy) is 2. The molecule has 8 heteroatoms. The van der Waals surface area contributed by atoms with Crippen molar-refractivity contribution in [2.75, 3.05) is 25.0 Å². The number of hydrogen-bond donors (Lipinski definition) is 1. The minimum absolute atomic E-state index is 0.111. The molecule has 0 radical (unpaired) electrons. The van der Waals surface area contributed by atoms with Crippen molar-refractivity contribution in [2.45, 2.75) is 25.9 Å². The topological polar surface area (TPSA) is 76.6 Å². The number of piperidine rings is 1. The number of hydrogen-bond acceptors (Lipinski definition) is 5. The van der Waals surface area contributed by atoms with Crippen LogP contribution in [0.1, 0.15) is 19.8 Å². The standard InChI is InChI=1S/C18H21FN4O3/c1-2-25-16-8-4-3-7-15(16)22-18(24)23-9-5-6-14(12-23)26-17-20-10-13(19)11-21-17/h3-4,7-8,10-11,14H,2,5-6,9,12H2,1H3,(H,22,24). The zero-order valence-corrected chi connectivity index (χ0v) is 14.5. The van der Waals surface area contributed by atoms with E-state index in [2.05, 4.69) is 15.3 Å². The summed E-state index contributed by atoms with van der Waals surface area (Å²) in [4.78, 5) is 21.9. The maximum absolute atomic E-state index is 12.9. The molecule has 1 saturated heterocycles. The maximum Gasteiger partial charge on any atom is 0.322 e. The second-order valence-corrected chi connectivity index (χ2v) is 5.87. The molecule has 1 aromatic heterocycles. The van der Waals surface area contributed by atoms with Gasteiger partial charge in [-0.05, 0) is 31.9 Å². The van der Waals surface area contributed by atoms with Crippen molar-refractivity contribution < 1.29 is 18.7 Å². The number of nitrogens with zero attached hydrogens (tertiary/aromatic N) is 3. The van der Waals surface area contributed by atoms with Crippen molar-refractivity contribution in [3.8, 4) is 11.8 Å². The van der Waals surface area contributed by atoms with Crippen molar-refractivity contribution in [3.05, 3.63) is 42.5 Å². The first-order chi connectivity index (χ1) is 12.7. The van der Waals surface area contributed by atoms with Crippen molar-refractivity contribution >= 4 is 11.7 Å². The molecule has 0 bridgehead atoms. The zero-order chi connectivity index (χ0) is 18.4. The van der Waals surface area contributed by atoms with E-state index in [1.807, 2.05) is 25.1 Å². The van der Waals surface area contributed by atoms with Crippen molar-refractivity contribution in [1.29, 1.82) is 0 Å². The molecule has 0 spiro atoms. The minimum Gasteiger partial charge on any atom is -0.492 e. The minimum atomic E-state index is -0.519.